The minimum atomic E-state index is -4.84. The molecular weight excluding hydrogens is 1300 g/mol. The van der Waals surface area contributed by atoms with Crippen molar-refractivity contribution in [1.82, 2.24) is 55.2 Å². The Morgan fingerprint density at radius 2 is 1.21 bits per heavy atom. The number of aromatic amines is 1. The van der Waals surface area contributed by atoms with Crippen molar-refractivity contribution in [1.29, 1.82) is 0 Å². The number of fused-ring (bicyclic) bond motifs is 1. The van der Waals surface area contributed by atoms with E-state index in [1.165, 1.54) is 37.1 Å². The Morgan fingerprint density at radius 3 is 1.76 bits per heavy atom. The molecule has 0 aliphatic rings. The number of carboxylic acids is 5. The molecule has 95 heavy (non-hydrogen) atoms. The molecule has 0 spiro atoms. The highest BCUT2D eigenvalue weighted by atomic mass is 32.2. The van der Waals surface area contributed by atoms with E-state index < -0.39 is 130 Å². The zero-order chi connectivity index (χ0) is 70.3. The van der Waals surface area contributed by atoms with E-state index in [0.29, 0.717) is 49.8 Å². The van der Waals surface area contributed by atoms with E-state index in [1.807, 2.05) is 0 Å². The summed E-state index contributed by atoms with van der Waals surface area (Å²) in [5, 5.41) is 60.0. The second-order valence-electron chi connectivity index (χ2n) is 21.5. The number of carboxylic acid groups (broad SMARTS) is 5. The van der Waals surface area contributed by atoms with Crippen molar-refractivity contribution >= 4 is 90.5 Å². The fourth-order valence-electron chi connectivity index (χ4n) is 9.31. The molecule has 0 radical (unpaired) electrons. The van der Waals surface area contributed by atoms with Gasteiger partial charge in [-0.25, -0.2) is 13.4 Å². The van der Waals surface area contributed by atoms with Crippen molar-refractivity contribution in [3.63, 3.8) is 0 Å². The van der Waals surface area contributed by atoms with Gasteiger partial charge in [0.1, 0.15) is 29.1 Å². The van der Waals surface area contributed by atoms with Gasteiger partial charge in [0.15, 0.2) is 5.95 Å². The highest BCUT2D eigenvalue weighted by Gasteiger charge is 2.31. The van der Waals surface area contributed by atoms with Crippen LogP contribution in [0.4, 0.5) is 5.95 Å². The number of nitrogens with zero attached hydrogens (tertiary/aromatic N) is 5. The molecule has 526 valence electrons. The Labute approximate surface area is 545 Å². The van der Waals surface area contributed by atoms with Crippen LogP contribution in [-0.4, -0.2) is 272 Å². The van der Waals surface area contributed by atoms with Crippen molar-refractivity contribution in [2.75, 3.05) is 136 Å². The van der Waals surface area contributed by atoms with Crippen LogP contribution in [0.25, 0.3) is 10.9 Å². The standard InChI is InChI=1S/C57H82N12O24S2/c1-37-25-40(26-38(2)53(37)95(88,89)65-43(56(83)84)29-62-54(81)42-30-66(3)45-27-39(8-9-41(45)52(42)80)28-63-57-60-12-13-61-57)93-20-4-7-46(70)58-10-5-18-90-21-23-92-24-22-91-19-6-11-59-55(82)44(36-94(85,86)87)64-47(71)31-68(33-49(74)75)16-14-67(32-48(72)73)15-17-69(34-50(76)77)35-51(78)79/h8-9,12-13,25-27,30,43-44,65H,4-7,10-11,14-24,28-29,31-36H2,1-3H3,(H,58,70)(H,59,82)(H,62,81)(H,64,71)(H,72,73)(H,74,75)(H,76,77)(H,78,79)(H,83,84)(H2,60,61,63)(H,85,86,87). The summed E-state index contributed by atoms with van der Waals surface area (Å²) in [6, 6.07) is 4.35. The van der Waals surface area contributed by atoms with Crippen LogP contribution in [0.2, 0.25) is 0 Å². The van der Waals surface area contributed by atoms with E-state index in [9.17, 15) is 84.7 Å². The van der Waals surface area contributed by atoms with Crippen molar-refractivity contribution in [2.45, 2.75) is 63.1 Å². The molecule has 0 bridgehead atoms. The van der Waals surface area contributed by atoms with Crippen molar-refractivity contribution in [2.24, 2.45) is 7.05 Å². The first-order valence-corrected chi connectivity index (χ1v) is 32.7. The number of sulfonamides is 1. The van der Waals surface area contributed by atoms with Gasteiger partial charge in [-0.05, 0) is 74.1 Å². The van der Waals surface area contributed by atoms with Crippen LogP contribution in [-0.2, 0) is 86.3 Å². The third-order valence-electron chi connectivity index (χ3n) is 13.6. The molecule has 2 heterocycles. The maximum Gasteiger partial charge on any atom is 0.323 e. The van der Waals surface area contributed by atoms with Gasteiger partial charge in [-0.2, -0.15) is 13.1 Å². The van der Waals surface area contributed by atoms with E-state index in [4.69, 9.17) is 29.2 Å². The van der Waals surface area contributed by atoms with E-state index >= 15 is 0 Å². The lowest BCUT2D eigenvalue weighted by Crippen LogP contribution is -2.53. The number of aliphatic carboxylic acids is 5. The molecule has 4 aromatic rings. The maximum atomic E-state index is 13.6. The van der Waals surface area contributed by atoms with Gasteiger partial charge in [0.25, 0.3) is 16.0 Å². The van der Waals surface area contributed by atoms with Gasteiger partial charge in [-0.3, -0.25) is 67.2 Å². The first kappa shape index (κ1) is 78.7. The maximum absolute atomic E-state index is 13.6. The molecule has 0 fully saturated rings. The lowest BCUT2D eigenvalue weighted by atomic mass is 10.1. The molecule has 2 atom stereocenters. The molecular formula is C57H82N12O24S2. The van der Waals surface area contributed by atoms with Crippen LogP contribution in [0, 0.1) is 13.8 Å². The summed E-state index contributed by atoms with van der Waals surface area (Å²) < 4.78 is 86.2. The Balaban J connectivity index is 1.06. The molecule has 2 aromatic heterocycles. The summed E-state index contributed by atoms with van der Waals surface area (Å²) in [6.07, 6.45) is 5.74. The molecule has 0 aliphatic carbocycles. The number of aromatic nitrogens is 3. The summed E-state index contributed by atoms with van der Waals surface area (Å²) in [5.41, 5.74) is 0.951. The molecule has 0 saturated carbocycles. The molecule has 2 aromatic carbocycles. The number of aryl methyl sites for hydroxylation is 3. The van der Waals surface area contributed by atoms with E-state index in [-0.39, 0.29) is 118 Å². The molecule has 36 nitrogen and oxygen atoms in total. The number of hydrogen-bond acceptors (Lipinski definition) is 23. The van der Waals surface area contributed by atoms with Gasteiger partial charge >= 0.3 is 29.8 Å². The summed E-state index contributed by atoms with van der Waals surface area (Å²) in [7, 11) is -7.69. The normalized spacial score (nSPS) is 12.3. The van der Waals surface area contributed by atoms with Gasteiger partial charge in [0.2, 0.25) is 33.2 Å². The fourth-order valence-corrected chi connectivity index (χ4v) is 11.6. The summed E-state index contributed by atoms with van der Waals surface area (Å²) in [5.74, 6) is -10.5. The highest BCUT2D eigenvalue weighted by molar-refractivity contribution is 7.89. The smallest absolute Gasteiger partial charge is 0.323 e. The van der Waals surface area contributed by atoms with Crippen LogP contribution < -0.4 is 41.5 Å². The lowest BCUT2D eigenvalue weighted by molar-refractivity contribution is -0.143. The third-order valence-corrected chi connectivity index (χ3v) is 16.2. The van der Waals surface area contributed by atoms with Gasteiger partial charge in [0.05, 0.1) is 76.2 Å². The average Bonchev–Trinajstić information content (AvgIpc) is 0.973. The first-order chi connectivity index (χ1) is 44.9. The highest BCUT2D eigenvalue weighted by Crippen LogP contribution is 2.26. The van der Waals surface area contributed by atoms with Crippen molar-refractivity contribution in [3.05, 3.63) is 81.4 Å². The first-order valence-electron chi connectivity index (χ1n) is 29.6. The lowest BCUT2D eigenvalue weighted by Gasteiger charge is -2.28. The van der Waals surface area contributed by atoms with Crippen LogP contribution >= 0.6 is 0 Å². The number of imidazole rings is 1. The Bertz CT molecular complexity index is 3520. The van der Waals surface area contributed by atoms with E-state index in [0.717, 1.165) is 15.4 Å². The summed E-state index contributed by atoms with van der Waals surface area (Å²) in [6.45, 7) is 0.0784. The van der Waals surface area contributed by atoms with Gasteiger partial charge in [0, 0.05) is 103 Å². The van der Waals surface area contributed by atoms with Crippen LogP contribution in [0.15, 0.2) is 58.6 Å². The van der Waals surface area contributed by atoms with Crippen molar-refractivity contribution in [3.8, 4) is 5.75 Å². The zero-order valence-electron chi connectivity index (χ0n) is 52.5. The number of anilines is 1. The summed E-state index contributed by atoms with van der Waals surface area (Å²) >= 11 is 0. The van der Waals surface area contributed by atoms with Gasteiger partial charge in [-0.15, -0.1) is 0 Å². The number of H-pyrrole nitrogens is 1. The van der Waals surface area contributed by atoms with E-state index in [2.05, 4.69) is 41.3 Å². The molecule has 4 amide bonds. The number of pyridine rings is 1. The molecule has 4 rings (SSSR count). The SMILES string of the molecule is Cc1cc(OCCCC(=O)NCCCOCCOCCOCCCNC(=O)C(CS(=O)(=O)O)NC(=O)CN(CCN(CCN(CC(=O)O)CC(=O)O)CC(=O)O)CC(=O)O)cc(C)c1S(=O)(=O)NC(CNC(=O)c1cn(C)c2cc(CNc3ncc[nH]3)ccc2c1=O)C(=O)O. The fraction of sp³-hybridized carbons (Fsp3) is 0.526. The van der Waals surface area contributed by atoms with Gasteiger partial charge < -0.3 is 80.6 Å². The zero-order valence-corrected chi connectivity index (χ0v) is 54.2. The summed E-state index contributed by atoms with van der Waals surface area (Å²) in [4.78, 5) is 133. The quantitative estimate of drug-likeness (QED) is 0.0160. The van der Waals surface area contributed by atoms with E-state index in [1.54, 1.807) is 42.2 Å². The average molecular weight is 1380 g/mol. The van der Waals surface area contributed by atoms with Gasteiger partial charge in [-0.1, -0.05) is 6.07 Å². The Kier molecular flexibility index (Phi) is 33.0. The minimum Gasteiger partial charge on any atom is -0.494 e. The number of ether oxygens (including phenoxy) is 4. The number of carbonyl (C=O) groups excluding carboxylic acids is 4. The molecule has 2 unspecified atom stereocenters. The van der Waals surface area contributed by atoms with Crippen LogP contribution in [0.1, 0.15) is 52.7 Å². The van der Waals surface area contributed by atoms with Crippen LogP contribution in [0.5, 0.6) is 5.75 Å². The van der Waals surface area contributed by atoms with Crippen molar-refractivity contribution < 1.29 is 109 Å². The number of carbonyl (C=O) groups is 9. The van der Waals surface area contributed by atoms with Crippen LogP contribution in [0.3, 0.4) is 0 Å². The second kappa shape index (κ2) is 39.8. The number of rotatable bonds is 49. The Morgan fingerprint density at radius 1 is 0.663 bits per heavy atom. The number of hydrogen-bond donors (Lipinski definition) is 13. The number of nitrogens with one attached hydrogen (secondary N) is 7. The number of benzene rings is 2. The molecule has 13 N–H and O–H groups in total. The third kappa shape index (κ3) is 30.0. The molecule has 38 heteroatoms. The minimum absolute atomic E-state index is 0.0550. The topological polar surface area (TPSA) is 513 Å². The number of amides is 4. The predicted octanol–water partition coefficient (Wildman–Crippen LogP) is -2.51. The Hall–Kier alpha value is -8.73. The molecule has 0 aliphatic heterocycles. The largest absolute Gasteiger partial charge is 0.494 e. The molecule has 0 saturated heterocycles. The predicted molar refractivity (Wildman–Crippen MR) is 336 cm³/mol. The second-order valence-corrected chi connectivity index (χ2v) is 24.7. The monoisotopic (exact) mass is 1380 g/mol.